The summed E-state index contributed by atoms with van der Waals surface area (Å²) >= 11 is 6.26. The van der Waals surface area contributed by atoms with Crippen LogP contribution in [0.25, 0.3) is 33.1 Å². The first-order valence-corrected chi connectivity index (χ1v) is 23.6. The number of hydrogen-bond donors (Lipinski definition) is 3. The first-order chi connectivity index (χ1) is 31.1. The monoisotopic (exact) mass is 922 g/mol. The van der Waals surface area contributed by atoms with Crippen LogP contribution in [0.5, 0.6) is 0 Å². The molecule has 4 aromatic carbocycles. The summed E-state index contributed by atoms with van der Waals surface area (Å²) < 4.78 is 44.0. The van der Waals surface area contributed by atoms with Gasteiger partial charge in [-0.05, 0) is 96.5 Å². The van der Waals surface area contributed by atoms with Crippen LogP contribution in [0.4, 0.5) is 17.1 Å². The van der Waals surface area contributed by atoms with Gasteiger partial charge in [0.15, 0.2) is 0 Å². The molecule has 16 nitrogen and oxygen atoms in total. The number of H-pyrrole nitrogens is 1. The number of rotatable bonds is 12. The summed E-state index contributed by atoms with van der Waals surface area (Å²) in [5, 5.41) is 17.1. The molecule has 1 amide bonds. The van der Waals surface area contributed by atoms with Crippen LogP contribution >= 0.6 is 11.6 Å². The van der Waals surface area contributed by atoms with Gasteiger partial charge in [0.1, 0.15) is 5.69 Å². The third kappa shape index (κ3) is 9.16. The van der Waals surface area contributed by atoms with Gasteiger partial charge in [0.2, 0.25) is 0 Å². The second-order valence-electron chi connectivity index (χ2n) is 17.8. The third-order valence-corrected chi connectivity index (χ3v) is 14.4. The van der Waals surface area contributed by atoms with E-state index < -0.39 is 31.4 Å². The van der Waals surface area contributed by atoms with E-state index in [1.54, 1.807) is 36.1 Å². The Kier molecular flexibility index (Phi) is 12.1. The number of ether oxygens (including phenoxy) is 2. The van der Waals surface area contributed by atoms with Crippen molar-refractivity contribution in [2.24, 2.45) is 12.5 Å². The lowest BCUT2D eigenvalue weighted by Crippen LogP contribution is -2.47. The molecule has 18 heteroatoms. The number of aromatic nitrogens is 3. The molecular formula is C47H51ClN8O8S. The molecule has 2 aliphatic heterocycles. The van der Waals surface area contributed by atoms with E-state index in [2.05, 4.69) is 50.8 Å². The molecule has 340 valence electrons. The molecule has 0 saturated carbocycles. The zero-order valence-corrected chi connectivity index (χ0v) is 38.0. The van der Waals surface area contributed by atoms with Crippen LogP contribution in [-0.2, 0) is 26.5 Å². The fraction of sp³-hybridized carbons (Fsp3) is 0.362. The van der Waals surface area contributed by atoms with E-state index in [0.29, 0.717) is 43.8 Å². The molecule has 0 radical (unpaired) electrons. The normalized spacial score (nSPS) is 18.3. The molecule has 1 aliphatic carbocycles. The fourth-order valence-electron chi connectivity index (χ4n) is 9.23. The molecule has 9 rings (SSSR count). The van der Waals surface area contributed by atoms with Gasteiger partial charge >= 0.3 is 0 Å². The summed E-state index contributed by atoms with van der Waals surface area (Å²) in [6.07, 6.45) is 4.58. The molecule has 1 atom stereocenters. The second kappa shape index (κ2) is 17.8. The first-order valence-electron chi connectivity index (χ1n) is 21.7. The number of piperazine rings is 1. The smallest absolute Gasteiger partial charge is 0.293 e. The molecule has 3 aliphatic rings. The fourth-order valence-corrected chi connectivity index (χ4v) is 10.3. The summed E-state index contributed by atoms with van der Waals surface area (Å²) in [5.41, 5.74) is 5.89. The highest BCUT2D eigenvalue weighted by Crippen LogP contribution is 2.43. The van der Waals surface area contributed by atoms with Crippen LogP contribution in [0.1, 0.15) is 49.0 Å². The minimum atomic E-state index is -4.65. The van der Waals surface area contributed by atoms with Crippen molar-refractivity contribution in [2.45, 2.75) is 44.1 Å². The molecule has 2 aromatic heterocycles. The molecule has 3 N–H and O–H groups in total. The van der Waals surface area contributed by atoms with Gasteiger partial charge in [-0.3, -0.25) is 24.6 Å². The minimum absolute atomic E-state index is 0.0259. The molecule has 2 saturated heterocycles. The largest absolute Gasteiger partial charge is 0.377 e. The van der Waals surface area contributed by atoms with Gasteiger partial charge in [0.05, 0.1) is 57.9 Å². The molecular weight excluding hydrogens is 872 g/mol. The number of amides is 1. The Morgan fingerprint density at radius 1 is 1.00 bits per heavy atom. The van der Waals surface area contributed by atoms with Crippen molar-refractivity contribution in [2.75, 3.05) is 69.3 Å². The van der Waals surface area contributed by atoms with Crippen LogP contribution in [0.3, 0.4) is 0 Å². The van der Waals surface area contributed by atoms with Crippen LogP contribution in [0, 0.1) is 15.5 Å². The molecule has 65 heavy (non-hydrogen) atoms. The van der Waals surface area contributed by atoms with Crippen LogP contribution in [-0.4, -0.2) is 104 Å². The summed E-state index contributed by atoms with van der Waals surface area (Å²) in [5.74, 6) is -0.979. The van der Waals surface area contributed by atoms with Gasteiger partial charge in [0, 0.05) is 80.2 Å². The second-order valence-corrected chi connectivity index (χ2v) is 19.9. The minimum Gasteiger partial charge on any atom is -0.377 e. The van der Waals surface area contributed by atoms with Crippen molar-refractivity contribution < 1.29 is 27.6 Å². The number of anilines is 2. The predicted octanol–water partition coefficient (Wildman–Crippen LogP) is 7.10. The van der Waals surface area contributed by atoms with E-state index in [1.807, 2.05) is 30.3 Å². The van der Waals surface area contributed by atoms with Crippen LogP contribution in [0.2, 0.25) is 5.02 Å². The molecule has 1 unspecified atom stereocenters. The number of allylic oxidation sites excluding steroid dienone is 1. The molecule has 0 spiro atoms. The Morgan fingerprint density at radius 3 is 2.52 bits per heavy atom. The Bertz CT molecular complexity index is 3020. The maximum Gasteiger partial charge on any atom is 0.293 e. The number of carbonyl (C=O) groups is 1. The van der Waals surface area contributed by atoms with E-state index in [-0.39, 0.29) is 40.6 Å². The van der Waals surface area contributed by atoms with Gasteiger partial charge in [-0.1, -0.05) is 43.2 Å². The van der Waals surface area contributed by atoms with Crippen LogP contribution in [0.15, 0.2) is 100 Å². The van der Waals surface area contributed by atoms with Crippen molar-refractivity contribution >= 4 is 72.0 Å². The molecule has 0 bridgehead atoms. The van der Waals surface area contributed by atoms with Crippen molar-refractivity contribution in [3.63, 3.8) is 0 Å². The van der Waals surface area contributed by atoms with Crippen molar-refractivity contribution in [3.8, 4) is 5.69 Å². The Labute approximate surface area is 380 Å². The number of benzene rings is 4. The number of carbonyl (C=O) groups excluding carboxylic acids is 1. The van der Waals surface area contributed by atoms with Crippen molar-refractivity contribution in [3.05, 3.63) is 127 Å². The number of nitrogens with one attached hydrogen (secondary N) is 3. The van der Waals surface area contributed by atoms with Crippen molar-refractivity contribution in [1.82, 2.24) is 24.0 Å². The highest BCUT2D eigenvalue weighted by atomic mass is 35.5. The third-order valence-electron chi connectivity index (χ3n) is 12.8. The zero-order valence-electron chi connectivity index (χ0n) is 36.4. The molecule has 4 heterocycles. The number of nitro benzene ring substituents is 1. The van der Waals surface area contributed by atoms with Crippen molar-refractivity contribution in [1.29, 1.82) is 0 Å². The number of nitro groups is 1. The summed E-state index contributed by atoms with van der Waals surface area (Å²) in [6.45, 7) is 9.83. The number of nitrogens with zero attached hydrogens (tertiary/aromatic N) is 5. The van der Waals surface area contributed by atoms with Gasteiger partial charge < -0.3 is 24.7 Å². The maximum absolute atomic E-state index is 14.3. The van der Waals surface area contributed by atoms with Gasteiger partial charge in [-0.25, -0.2) is 22.5 Å². The highest BCUT2D eigenvalue weighted by Gasteiger charge is 2.31. The van der Waals surface area contributed by atoms with Crippen LogP contribution < -0.4 is 20.5 Å². The van der Waals surface area contributed by atoms with Gasteiger partial charge in [0.25, 0.3) is 27.2 Å². The van der Waals surface area contributed by atoms with E-state index in [0.717, 1.165) is 66.6 Å². The number of halogens is 1. The standard InChI is InChI=1S/C47H51ClN8O8S/c1-47(2)14-12-32(39(26-47)30-4-6-33(48)7-5-30)28-53-16-18-54(19-17-53)34-8-10-37(43(23-34)55-42-22-31-13-15-49-41(31)25-38(42)46(58)52(55)3)45(57)51-65(61,62)36-9-11-40(44(24-36)56(59)60)50-27-35-29-63-20-21-64-35/h4-11,13,15,22-25,35,49-50H,12,14,16-21,26-29H2,1-3H3,(H,51,57). The van der Waals surface area contributed by atoms with E-state index in [4.69, 9.17) is 21.1 Å². The quantitative estimate of drug-likeness (QED) is 0.0840. The Hall–Kier alpha value is -5.98. The number of hydrogen-bond acceptors (Lipinski definition) is 11. The summed E-state index contributed by atoms with van der Waals surface area (Å²) in [6, 6.07) is 22.2. The lowest BCUT2D eigenvalue weighted by atomic mass is 9.72. The van der Waals surface area contributed by atoms with Gasteiger partial charge in [-0.15, -0.1) is 0 Å². The SMILES string of the molecule is Cn1c(=O)c2cc3[nH]ccc3cc2n1-c1cc(N2CCN(CC3=C(c4ccc(Cl)cc4)CC(C)(C)CC3)CC2)ccc1C(=O)NS(=O)(=O)c1ccc(NCC2COCCO2)c([N+](=O)[O-])c1. The lowest BCUT2D eigenvalue weighted by Gasteiger charge is -2.39. The summed E-state index contributed by atoms with van der Waals surface area (Å²) in [4.78, 5) is 47.0. The van der Waals surface area contributed by atoms with E-state index in [9.17, 15) is 28.1 Å². The predicted molar refractivity (Wildman–Crippen MR) is 252 cm³/mol. The van der Waals surface area contributed by atoms with Gasteiger partial charge in [-0.2, -0.15) is 0 Å². The first kappa shape index (κ1) is 44.2. The lowest BCUT2D eigenvalue weighted by molar-refractivity contribution is -0.384. The topological polar surface area (TPSA) is 186 Å². The average Bonchev–Trinajstić information content (AvgIpc) is 3.85. The van der Waals surface area contributed by atoms with E-state index in [1.165, 1.54) is 33.5 Å². The Morgan fingerprint density at radius 2 is 1.78 bits per heavy atom. The highest BCUT2D eigenvalue weighted by molar-refractivity contribution is 7.90. The molecule has 2 fully saturated rings. The maximum atomic E-state index is 14.3. The number of sulfonamides is 1. The summed E-state index contributed by atoms with van der Waals surface area (Å²) in [7, 11) is -3.05. The Balaban J connectivity index is 1.01. The van der Waals surface area contributed by atoms with E-state index >= 15 is 0 Å². The average molecular weight is 923 g/mol. The zero-order chi connectivity index (χ0) is 45.6. The molecule has 6 aromatic rings. The number of aromatic amines is 1. The number of fused-ring (bicyclic) bond motifs is 2.